The predicted molar refractivity (Wildman–Crippen MR) is 93.0 cm³/mol. The fourth-order valence-corrected chi connectivity index (χ4v) is 4.02. The highest BCUT2D eigenvalue weighted by Crippen LogP contribution is 2.32. The van der Waals surface area contributed by atoms with Crippen molar-refractivity contribution in [3.8, 4) is 11.8 Å². The Bertz CT molecular complexity index is 854. The van der Waals surface area contributed by atoms with Crippen molar-refractivity contribution >= 4 is 16.9 Å². The van der Waals surface area contributed by atoms with E-state index < -0.39 is 0 Å². The highest BCUT2D eigenvalue weighted by Gasteiger charge is 2.40. The van der Waals surface area contributed by atoms with Gasteiger partial charge in [-0.15, -0.1) is 0 Å². The second kappa shape index (κ2) is 6.51. The highest BCUT2D eigenvalue weighted by molar-refractivity contribution is 5.95. The van der Waals surface area contributed by atoms with Crippen LogP contribution >= 0.6 is 0 Å². The Morgan fingerprint density at radius 1 is 1.44 bits per heavy atom. The van der Waals surface area contributed by atoms with E-state index in [1.807, 2.05) is 0 Å². The number of carbonyl (C=O) groups excluding carboxylic acids is 1. The minimum absolute atomic E-state index is 0.160. The summed E-state index contributed by atoms with van der Waals surface area (Å²) in [5.74, 6) is 6.11. The maximum absolute atomic E-state index is 12.7. The zero-order chi connectivity index (χ0) is 17.4. The van der Waals surface area contributed by atoms with Gasteiger partial charge in [0.2, 0.25) is 0 Å². The topological polar surface area (TPSA) is 78.6 Å². The van der Waals surface area contributed by atoms with Crippen molar-refractivity contribution in [2.75, 3.05) is 19.7 Å². The van der Waals surface area contributed by atoms with Gasteiger partial charge in [-0.2, -0.15) is 0 Å². The summed E-state index contributed by atoms with van der Waals surface area (Å²) in [6.07, 6.45) is 3.91. The van der Waals surface area contributed by atoms with Crippen LogP contribution in [0.4, 0.5) is 0 Å². The summed E-state index contributed by atoms with van der Waals surface area (Å²) in [5, 5.41) is 12.7. The lowest BCUT2D eigenvalue weighted by atomic mass is 9.79. The largest absolute Gasteiger partial charge is 0.448 e. The fourth-order valence-electron chi connectivity index (χ4n) is 4.02. The summed E-state index contributed by atoms with van der Waals surface area (Å²) in [6, 6.07) is 3.95. The summed E-state index contributed by atoms with van der Waals surface area (Å²) in [6.45, 7) is 4.23. The molecule has 6 heteroatoms. The molecule has 3 saturated heterocycles. The number of pyridine rings is 1. The first kappa shape index (κ1) is 16.1. The van der Waals surface area contributed by atoms with E-state index in [9.17, 15) is 4.79 Å². The van der Waals surface area contributed by atoms with E-state index in [2.05, 4.69) is 34.0 Å². The van der Waals surface area contributed by atoms with Crippen molar-refractivity contribution in [2.45, 2.75) is 31.8 Å². The lowest BCUT2D eigenvalue weighted by Gasteiger charge is -2.49. The molecule has 2 bridgehead atoms. The monoisotopic (exact) mass is 339 g/mol. The molecule has 3 fully saturated rings. The smallest absolute Gasteiger partial charge is 0.270 e. The van der Waals surface area contributed by atoms with Gasteiger partial charge < -0.3 is 14.8 Å². The van der Waals surface area contributed by atoms with Gasteiger partial charge in [-0.05, 0) is 44.7 Å². The molecule has 5 heterocycles. The number of rotatable bonds is 2. The summed E-state index contributed by atoms with van der Waals surface area (Å²) in [4.78, 5) is 19.4. The van der Waals surface area contributed by atoms with Gasteiger partial charge in [-0.25, -0.2) is 0 Å². The average molecular weight is 339 g/mol. The van der Waals surface area contributed by atoms with Crippen LogP contribution in [-0.2, 0) is 0 Å². The van der Waals surface area contributed by atoms with E-state index in [1.54, 1.807) is 18.3 Å². The van der Waals surface area contributed by atoms with E-state index >= 15 is 0 Å². The van der Waals surface area contributed by atoms with E-state index in [4.69, 9.17) is 9.52 Å². The molecule has 3 aliphatic heterocycles. The second-order valence-corrected chi connectivity index (χ2v) is 6.79. The third-order valence-corrected chi connectivity index (χ3v) is 5.40. The number of nitrogens with one attached hydrogen (secondary N) is 1. The minimum atomic E-state index is -0.222. The molecule has 25 heavy (non-hydrogen) atoms. The molecule has 2 N–H and O–H groups in total. The van der Waals surface area contributed by atoms with Gasteiger partial charge in [-0.1, -0.05) is 5.92 Å². The van der Waals surface area contributed by atoms with Crippen LogP contribution in [0.1, 0.15) is 36.0 Å². The zero-order valence-corrected chi connectivity index (χ0v) is 14.2. The molecule has 2 aromatic rings. The number of carbonyl (C=O) groups is 1. The van der Waals surface area contributed by atoms with Crippen molar-refractivity contribution in [1.29, 1.82) is 0 Å². The Labute approximate surface area is 146 Å². The molecule has 1 amide bonds. The zero-order valence-electron chi connectivity index (χ0n) is 14.2. The van der Waals surface area contributed by atoms with Gasteiger partial charge in [0.05, 0.1) is 0 Å². The average Bonchev–Trinajstić information content (AvgIpc) is 3.05. The lowest BCUT2D eigenvalue weighted by Crippen LogP contribution is -2.62. The van der Waals surface area contributed by atoms with Crippen LogP contribution in [0, 0.1) is 17.8 Å². The number of aliphatic hydroxyl groups is 1. The maximum Gasteiger partial charge on any atom is 0.270 e. The van der Waals surface area contributed by atoms with Gasteiger partial charge in [0.1, 0.15) is 17.9 Å². The number of aromatic nitrogens is 1. The number of aliphatic hydroxyl groups excluding tert-OH is 1. The summed E-state index contributed by atoms with van der Waals surface area (Å²) in [7, 11) is 0. The van der Waals surface area contributed by atoms with E-state index in [-0.39, 0.29) is 18.6 Å². The predicted octanol–water partition coefficient (Wildman–Crippen LogP) is 1.38. The maximum atomic E-state index is 12.7. The van der Waals surface area contributed by atoms with Gasteiger partial charge in [0, 0.05) is 35.8 Å². The molecular formula is C19H21N3O3. The number of hydrogen-bond acceptors (Lipinski definition) is 5. The number of fused-ring (bicyclic) bond motifs is 4. The van der Waals surface area contributed by atoms with Gasteiger partial charge >= 0.3 is 0 Å². The van der Waals surface area contributed by atoms with Gasteiger partial charge in [0.15, 0.2) is 5.76 Å². The van der Waals surface area contributed by atoms with Crippen molar-refractivity contribution in [3.05, 3.63) is 29.8 Å². The molecule has 2 unspecified atom stereocenters. The van der Waals surface area contributed by atoms with Crippen molar-refractivity contribution in [1.82, 2.24) is 15.2 Å². The molecule has 2 atom stereocenters. The van der Waals surface area contributed by atoms with Crippen molar-refractivity contribution in [3.63, 3.8) is 0 Å². The normalized spacial score (nSPS) is 27.8. The minimum Gasteiger partial charge on any atom is -0.448 e. The van der Waals surface area contributed by atoms with Gasteiger partial charge in [-0.3, -0.25) is 14.7 Å². The summed E-state index contributed by atoms with van der Waals surface area (Å²) >= 11 is 0. The Kier molecular flexibility index (Phi) is 4.20. The highest BCUT2D eigenvalue weighted by atomic mass is 16.3. The summed E-state index contributed by atoms with van der Waals surface area (Å²) in [5.41, 5.74) is 0.927. The molecule has 3 aliphatic rings. The molecule has 6 nitrogen and oxygen atoms in total. The molecular weight excluding hydrogens is 318 g/mol. The molecule has 0 spiro atoms. The van der Waals surface area contributed by atoms with Crippen LogP contribution < -0.4 is 5.32 Å². The van der Waals surface area contributed by atoms with Crippen LogP contribution in [-0.4, -0.2) is 52.7 Å². The first-order valence-corrected chi connectivity index (χ1v) is 8.70. The van der Waals surface area contributed by atoms with Crippen LogP contribution in [0.15, 0.2) is 22.7 Å². The molecule has 0 saturated carbocycles. The Hall–Kier alpha value is -2.36. The molecule has 0 aromatic carbocycles. The Morgan fingerprint density at radius 2 is 2.24 bits per heavy atom. The number of amides is 1. The number of furan rings is 1. The molecule has 2 aromatic heterocycles. The third kappa shape index (κ3) is 3.01. The number of piperidine rings is 3. The molecule has 130 valence electrons. The first-order valence-electron chi connectivity index (χ1n) is 8.70. The number of nitrogens with zero attached hydrogens (tertiary/aromatic N) is 2. The Balaban J connectivity index is 1.53. The molecule has 0 radical (unpaired) electrons. The Morgan fingerprint density at radius 3 is 2.96 bits per heavy atom. The lowest BCUT2D eigenvalue weighted by molar-refractivity contribution is 0.0216. The van der Waals surface area contributed by atoms with E-state index in [1.165, 1.54) is 0 Å². The standard InChI is InChI=1S/C19H21N3O3/c1-12-18(13-4-6-22(12)7-5-13)21-19(24)16-10-17-14(11-20-16)9-15(25-17)3-2-8-23/h9-13,18,23H,4-8H2,1H3,(H,21,24). The van der Waals surface area contributed by atoms with Crippen LogP contribution in [0.5, 0.6) is 0 Å². The van der Waals surface area contributed by atoms with Crippen molar-refractivity contribution < 1.29 is 14.3 Å². The third-order valence-electron chi connectivity index (χ3n) is 5.40. The molecule has 5 rings (SSSR count). The van der Waals surface area contributed by atoms with Gasteiger partial charge in [0.25, 0.3) is 5.91 Å². The summed E-state index contributed by atoms with van der Waals surface area (Å²) < 4.78 is 5.61. The SMILES string of the molecule is CC1C(NC(=O)c2cc3oc(C#CCO)cc3cn2)C2CCN1CC2. The van der Waals surface area contributed by atoms with Crippen LogP contribution in [0.3, 0.4) is 0 Å². The fraction of sp³-hybridized carbons (Fsp3) is 0.474. The van der Waals surface area contributed by atoms with Crippen LogP contribution in [0.2, 0.25) is 0 Å². The van der Waals surface area contributed by atoms with E-state index in [0.717, 1.165) is 31.3 Å². The molecule has 0 aliphatic carbocycles. The van der Waals surface area contributed by atoms with Crippen molar-refractivity contribution in [2.24, 2.45) is 5.92 Å². The first-order chi connectivity index (χ1) is 12.2. The quantitative estimate of drug-likeness (QED) is 0.809. The number of hydrogen-bond donors (Lipinski definition) is 2. The van der Waals surface area contributed by atoms with Crippen LogP contribution in [0.25, 0.3) is 11.0 Å². The van der Waals surface area contributed by atoms with E-state index in [0.29, 0.717) is 29.0 Å². The second-order valence-electron chi connectivity index (χ2n) is 6.79.